The van der Waals surface area contributed by atoms with Gasteiger partial charge in [-0.05, 0) is 0 Å². The van der Waals surface area contributed by atoms with E-state index in [1.807, 2.05) is 13.8 Å². The summed E-state index contributed by atoms with van der Waals surface area (Å²) in [5.41, 5.74) is 0. The van der Waals surface area contributed by atoms with Gasteiger partial charge in [0.15, 0.2) is 0 Å². The Morgan fingerprint density at radius 1 is 1.71 bits per heavy atom. The summed E-state index contributed by atoms with van der Waals surface area (Å²) in [7, 11) is 0. The third-order valence-corrected chi connectivity index (χ3v) is 0.803. The van der Waals surface area contributed by atoms with Gasteiger partial charge in [-0.3, -0.25) is 0 Å². The van der Waals surface area contributed by atoms with Gasteiger partial charge in [-0.15, -0.1) is 0 Å². The van der Waals surface area contributed by atoms with Crippen LogP contribution in [0, 0.1) is 37.5 Å². The van der Waals surface area contributed by atoms with E-state index in [1.54, 1.807) is 6.42 Å². The van der Waals surface area contributed by atoms with Crippen molar-refractivity contribution in [1.82, 2.24) is 0 Å². The number of hydrogen-bond donors (Lipinski definition) is 1. The van der Waals surface area contributed by atoms with Gasteiger partial charge in [-0.1, -0.05) is 19.4 Å². The molecule has 0 fully saturated rings. The van der Waals surface area contributed by atoms with Crippen LogP contribution >= 0.6 is 0 Å². The van der Waals surface area contributed by atoms with Gasteiger partial charge in [-0.25, -0.2) is 0 Å². The molecule has 1 nitrogen and oxygen atoms in total. The van der Waals surface area contributed by atoms with Crippen LogP contribution in [0.1, 0.15) is 20.3 Å². The molecule has 0 aliphatic rings. The second-order valence-corrected chi connectivity index (χ2v) is 1.31. The van der Waals surface area contributed by atoms with E-state index >= 15 is 0 Å². The van der Waals surface area contributed by atoms with Crippen LogP contribution in [0.3, 0.4) is 0 Å². The second-order valence-electron chi connectivity index (χ2n) is 1.31. The first-order chi connectivity index (χ1) is 2.81. The largest absolute Gasteiger partial charge is 0.425 e. The fourth-order valence-electron chi connectivity index (χ4n) is 0.236. The maximum atomic E-state index is 8.61. The molecule has 1 N–H and O–H groups in total. The van der Waals surface area contributed by atoms with E-state index in [-0.39, 0.29) is 37.2 Å². The normalized spacial score (nSPS) is 12.4. The van der Waals surface area contributed by atoms with E-state index in [1.165, 1.54) is 0 Å². The molecule has 0 spiro atoms. The minimum absolute atomic E-state index is 0. The molecule has 0 aliphatic carbocycles. The van der Waals surface area contributed by atoms with Crippen LogP contribution in [-0.4, -0.2) is 11.2 Å². The Bertz CT molecular complexity index is 27.3. The van der Waals surface area contributed by atoms with Gasteiger partial charge in [0, 0.05) is 31.1 Å². The topological polar surface area (TPSA) is 20.2 Å². The Kier molecular flexibility index (Phi) is 10.9. The van der Waals surface area contributed by atoms with E-state index in [2.05, 4.69) is 0 Å². The summed E-state index contributed by atoms with van der Waals surface area (Å²) in [4.78, 5) is 0. The minimum atomic E-state index is -0.190. The van der Waals surface area contributed by atoms with Crippen molar-refractivity contribution in [1.29, 1.82) is 0 Å². The third kappa shape index (κ3) is 7.01. The molecule has 0 bridgehead atoms. The predicted octanol–water partition coefficient (Wildman–Crippen LogP) is 0.981. The van der Waals surface area contributed by atoms with Crippen molar-refractivity contribution in [2.24, 2.45) is 0 Å². The van der Waals surface area contributed by atoms with Crippen molar-refractivity contribution in [2.45, 2.75) is 26.4 Å². The number of aliphatic hydroxyl groups excluding tert-OH is 1. The molecule has 0 saturated heterocycles. The molecule has 0 rings (SSSR count). The number of rotatable bonds is 2. The van der Waals surface area contributed by atoms with Crippen LogP contribution in [0.25, 0.3) is 0 Å². The van der Waals surface area contributed by atoms with Gasteiger partial charge < -0.3 is 11.5 Å². The zero-order valence-electron chi connectivity index (χ0n) is 4.81. The van der Waals surface area contributed by atoms with Gasteiger partial charge in [0.25, 0.3) is 0 Å². The van der Waals surface area contributed by atoms with Gasteiger partial charge in [-0.2, -0.15) is 6.92 Å². The van der Waals surface area contributed by atoms with E-state index in [9.17, 15) is 0 Å². The van der Waals surface area contributed by atoms with Crippen molar-refractivity contribution in [3.8, 4) is 0 Å². The first kappa shape index (κ1) is 10.9. The van der Waals surface area contributed by atoms with Crippen LogP contribution in [-0.2, 0) is 0 Å². The molecule has 0 radical (unpaired) electrons. The molecule has 0 heterocycles. The van der Waals surface area contributed by atoms with Crippen LogP contribution in [0.15, 0.2) is 0 Å². The van der Waals surface area contributed by atoms with Gasteiger partial charge >= 0.3 is 0 Å². The van der Waals surface area contributed by atoms with E-state index in [0.29, 0.717) is 0 Å². The zero-order chi connectivity index (χ0) is 4.99. The van der Waals surface area contributed by atoms with Crippen molar-refractivity contribution in [3.05, 3.63) is 6.42 Å². The standard InChI is InChI=1S/C5H11O.U/c1-3-5(6)4-2;/h3,5-6H,4H2,1-2H3;/q-1;. The zero-order valence-corrected chi connectivity index (χ0v) is 8.97. The maximum absolute atomic E-state index is 8.61. The quantitative estimate of drug-likeness (QED) is 0.751. The molecule has 1 atom stereocenters. The fraction of sp³-hybridized carbons (Fsp3) is 0.800. The SMILES string of the molecule is C[CH-]C(O)CC.[U]. The molecule has 0 amide bonds. The van der Waals surface area contributed by atoms with Crippen LogP contribution in [0.5, 0.6) is 0 Å². The first-order valence-electron chi connectivity index (χ1n) is 2.28. The summed E-state index contributed by atoms with van der Waals surface area (Å²) >= 11 is 0. The number of hydrogen-bond acceptors (Lipinski definition) is 1. The molecule has 0 aromatic rings. The van der Waals surface area contributed by atoms with Crippen molar-refractivity contribution < 1.29 is 36.2 Å². The summed E-state index contributed by atoms with van der Waals surface area (Å²) in [5, 5.41) is 8.61. The minimum Gasteiger partial charge on any atom is -0.425 e. The molecular weight excluding hydrogens is 314 g/mol. The van der Waals surface area contributed by atoms with E-state index in [4.69, 9.17) is 5.11 Å². The average molecular weight is 325 g/mol. The fourth-order valence-corrected chi connectivity index (χ4v) is 0.236. The van der Waals surface area contributed by atoms with Crippen LogP contribution in [0.2, 0.25) is 0 Å². The molecule has 42 valence electrons. The summed E-state index contributed by atoms with van der Waals surface area (Å²) in [5.74, 6) is 0. The Morgan fingerprint density at radius 3 is 2.14 bits per heavy atom. The van der Waals surface area contributed by atoms with Crippen molar-refractivity contribution in [2.75, 3.05) is 0 Å². The Labute approximate surface area is 68.9 Å². The molecule has 0 aliphatic heterocycles. The monoisotopic (exact) mass is 325 g/mol. The number of aliphatic hydroxyl groups is 1. The van der Waals surface area contributed by atoms with E-state index < -0.39 is 0 Å². The Hall–Kier alpha value is 1.01. The molecule has 0 saturated carbocycles. The average Bonchev–Trinajstić information content (AvgIpc) is 1.65. The van der Waals surface area contributed by atoms with Gasteiger partial charge in [0.05, 0.1) is 0 Å². The van der Waals surface area contributed by atoms with Gasteiger partial charge in [0.2, 0.25) is 0 Å². The molecule has 0 aromatic heterocycles. The second kappa shape index (κ2) is 7.01. The Morgan fingerprint density at radius 2 is 2.14 bits per heavy atom. The summed E-state index contributed by atoms with van der Waals surface area (Å²) in [6.45, 7) is 3.80. The predicted molar refractivity (Wildman–Crippen MR) is 26.3 cm³/mol. The van der Waals surface area contributed by atoms with E-state index in [0.717, 1.165) is 6.42 Å². The first-order valence-corrected chi connectivity index (χ1v) is 2.28. The molecule has 2 heteroatoms. The molecule has 7 heavy (non-hydrogen) atoms. The van der Waals surface area contributed by atoms with Crippen LogP contribution < -0.4 is 0 Å². The summed E-state index contributed by atoms with van der Waals surface area (Å²) in [6.07, 6.45) is 2.42. The maximum Gasteiger partial charge on any atom is 0 e. The summed E-state index contributed by atoms with van der Waals surface area (Å²) < 4.78 is 0. The molecule has 1 unspecified atom stereocenters. The van der Waals surface area contributed by atoms with Gasteiger partial charge in [0.1, 0.15) is 0 Å². The van der Waals surface area contributed by atoms with Crippen molar-refractivity contribution >= 4 is 0 Å². The molecular formula is C5H11OU-. The van der Waals surface area contributed by atoms with Crippen LogP contribution in [0.4, 0.5) is 0 Å². The smallest absolute Gasteiger partial charge is 0 e. The third-order valence-electron chi connectivity index (χ3n) is 0.803. The van der Waals surface area contributed by atoms with Crippen molar-refractivity contribution in [3.63, 3.8) is 0 Å². The molecule has 0 aromatic carbocycles. The summed E-state index contributed by atoms with van der Waals surface area (Å²) in [6, 6.07) is 0. The Balaban J connectivity index is 0.